The lowest BCUT2D eigenvalue weighted by Crippen LogP contribution is -2.26. The Kier molecular flexibility index (Phi) is 5.30. The second-order valence-electron chi connectivity index (χ2n) is 3.39. The van der Waals surface area contributed by atoms with Crippen LogP contribution in [0.1, 0.15) is 25.7 Å². The summed E-state index contributed by atoms with van der Waals surface area (Å²) < 4.78 is 16.8. The number of phosphoric ester groups is 1. The third-order valence-electron chi connectivity index (χ3n) is 2.29. The fourth-order valence-corrected chi connectivity index (χ4v) is 2.69. The minimum atomic E-state index is -4.28. The van der Waals surface area contributed by atoms with Gasteiger partial charge in [0.05, 0.1) is 6.61 Å². The lowest BCUT2D eigenvalue weighted by Gasteiger charge is -2.21. The molecule has 0 radical (unpaired) electrons. The van der Waals surface area contributed by atoms with Crippen LogP contribution in [-0.2, 0) is 9.09 Å². The number of hydrogen-bond donors (Lipinski definition) is 2. The van der Waals surface area contributed by atoms with Gasteiger partial charge in [-0.25, -0.2) is 7.68 Å². The molecule has 0 aromatic carbocycles. The normalized spacial score (nSPS) is 19.4. The molecular formula is C7H15INO4P. The lowest BCUT2D eigenvalue weighted by atomic mass is 10.2. The van der Waals surface area contributed by atoms with Crippen molar-refractivity contribution in [2.75, 3.05) is 13.2 Å². The first kappa shape index (κ1) is 12.9. The topological polar surface area (TPSA) is 70.0 Å². The van der Waals surface area contributed by atoms with Gasteiger partial charge >= 0.3 is 7.82 Å². The Labute approximate surface area is 97.6 Å². The minimum absolute atomic E-state index is 0.0870. The molecule has 1 aliphatic carbocycles. The third-order valence-corrected chi connectivity index (χ3v) is 4.07. The van der Waals surface area contributed by atoms with Crippen molar-refractivity contribution in [1.29, 1.82) is 0 Å². The van der Waals surface area contributed by atoms with Crippen molar-refractivity contribution in [2.24, 2.45) is 0 Å². The summed E-state index contributed by atoms with van der Waals surface area (Å²) in [5.41, 5.74) is 0. The van der Waals surface area contributed by atoms with Gasteiger partial charge in [0.1, 0.15) is 0 Å². The number of nitrogens with zero attached hydrogens (tertiary/aromatic N) is 1. The van der Waals surface area contributed by atoms with Gasteiger partial charge in [0, 0.05) is 35.5 Å². The van der Waals surface area contributed by atoms with Crippen molar-refractivity contribution >= 4 is 30.7 Å². The minimum Gasteiger partial charge on any atom is -0.303 e. The largest absolute Gasteiger partial charge is 0.469 e. The van der Waals surface area contributed by atoms with E-state index in [4.69, 9.17) is 9.79 Å². The maximum Gasteiger partial charge on any atom is 0.469 e. The fraction of sp³-hybridized carbons (Fsp3) is 1.00. The molecule has 0 unspecified atom stereocenters. The zero-order valence-electron chi connectivity index (χ0n) is 7.80. The van der Waals surface area contributed by atoms with E-state index >= 15 is 0 Å². The van der Waals surface area contributed by atoms with Crippen LogP contribution in [0.4, 0.5) is 0 Å². The summed E-state index contributed by atoms with van der Waals surface area (Å²) in [5, 5.41) is 0. The molecule has 0 bridgehead atoms. The molecule has 14 heavy (non-hydrogen) atoms. The molecule has 0 spiro atoms. The maximum atomic E-state index is 10.4. The van der Waals surface area contributed by atoms with Crippen molar-refractivity contribution < 1.29 is 18.9 Å². The first-order valence-electron chi connectivity index (χ1n) is 4.61. The van der Waals surface area contributed by atoms with Gasteiger partial charge < -0.3 is 9.79 Å². The molecule has 2 N–H and O–H groups in total. The summed E-state index contributed by atoms with van der Waals surface area (Å²) in [4.78, 5) is 16.9. The van der Waals surface area contributed by atoms with Crippen LogP contribution in [0.5, 0.6) is 0 Å². The Hall–Kier alpha value is 0.800. The van der Waals surface area contributed by atoms with E-state index in [0.29, 0.717) is 12.6 Å². The summed E-state index contributed by atoms with van der Waals surface area (Å²) in [6.45, 7) is 0.653. The quantitative estimate of drug-likeness (QED) is 0.455. The summed E-state index contributed by atoms with van der Waals surface area (Å²) in [6, 6.07) is 0.552. The first-order chi connectivity index (χ1) is 6.49. The molecule has 0 amide bonds. The monoisotopic (exact) mass is 335 g/mol. The highest BCUT2D eigenvalue weighted by molar-refractivity contribution is 14.1. The molecule has 0 aromatic heterocycles. The van der Waals surface area contributed by atoms with Crippen molar-refractivity contribution in [3.05, 3.63) is 0 Å². The predicted molar refractivity (Wildman–Crippen MR) is 61.0 cm³/mol. The van der Waals surface area contributed by atoms with Gasteiger partial charge in [-0.1, -0.05) is 12.8 Å². The Balaban J connectivity index is 2.14. The molecule has 7 heteroatoms. The van der Waals surface area contributed by atoms with E-state index in [9.17, 15) is 4.57 Å². The third kappa shape index (κ3) is 5.04. The van der Waals surface area contributed by atoms with Crippen LogP contribution >= 0.6 is 30.7 Å². The SMILES string of the molecule is O=P(O)(O)OCCN(I)C1CCCC1. The zero-order chi connectivity index (χ0) is 10.6. The van der Waals surface area contributed by atoms with Crippen LogP contribution in [0.2, 0.25) is 0 Å². The Morgan fingerprint density at radius 1 is 1.43 bits per heavy atom. The summed E-state index contributed by atoms with van der Waals surface area (Å²) in [7, 11) is -4.28. The van der Waals surface area contributed by atoms with E-state index in [0.717, 1.165) is 0 Å². The van der Waals surface area contributed by atoms with Gasteiger partial charge in [0.2, 0.25) is 0 Å². The Morgan fingerprint density at radius 3 is 2.50 bits per heavy atom. The van der Waals surface area contributed by atoms with Gasteiger partial charge in [-0.2, -0.15) is 0 Å². The molecule has 84 valence electrons. The second-order valence-corrected chi connectivity index (χ2v) is 5.86. The molecule has 0 atom stereocenters. The van der Waals surface area contributed by atoms with E-state index < -0.39 is 7.82 Å². The van der Waals surface area contributed by atoms with Crippen molar-refractivity contribution in [3.63, 3.8) is 0 Å². The standard InChI is InChI=1S/C7H15INO4P/c8-9(7-3-1-2-4-7)5-6-13-14(10,11)12/h7H,1-6H2,(H2,10,11,12). The van der Waals surface area contributed by atoms with Crippen molar-refractivity contribution in [2.45, 2.75) is 31.7 Å². The molecule has 1 saturated carbocycles. The highest BCUT2D eigenvalue weighted by Gasteiger charge is 2.21. The molecule has 0 heterocycles. The number of phosphoric acid groups is 1. The van der Waals surface area contributed by atoms with Gasteiger partial charge in [-0.3, -0.25) is 4.52 Å². The van der Waals surface area contributed by atoms with Crippen LogP contribution in [-0.4, -0.2) is 32.1 Å². The van der Waals surface area contributed by atoms with E-state index in [1.807, 2.05) is 0 Å². The van der Waals surface area contributed by atoms with Crippen LogP contribution in [0, 0.1) is 0 Å². The molecule has 0 aliphatic heterocycles. The van der Waals surface area contributed by atoms with Gasteiger partial charge in [0.15, 0.2) is 0 Å². The first-order valence-corrected chi connectivity index (χ1v) is 7.11. The van der Waals surface area contributed by atoms with Crippen LogP contribution < -0.4 is 0 Å². The van der Waals surface area contributed by atoms with Crippen LogP contribution in [0.15, 0.2) is 0 Å². The highest BCUT2D eigenvalue weighted by Crippen LogP contribution is 2.35. The van der Waals surface area contributed by atoms with Crippen LogP contribution in [0.25, 0.3) is 0 Å². The van der Waals surface area contributed by atoms with E-state index in [2.05, 4.69) is 30.5 Å². The number of rotatable bonds is 5. The summed E-state index contributed by atoms with van der Waals surface area (Å²) >= 11 is 2.20. The van der Waals surface area contributed by atoms with Crippen LogP contribution in [0.3, 0.4) is 0 Å². The van der Waals surface area contributed by atoms with E-state index in [-0.39, 0.29) is 6.61 Å². The summed E-state index contributed by atoms with van der Waals surface area (Å²) in [5.74, 6) is 0. The highest BCUT2D eigenvalue weighted by atomic mass is 127. The molecule has 1 aliphatic rings. The zero-order valence-corrected chi connectivity index (χ0v) is 10.9. The van der Waals surface area contributed by atoms with E-state index in [1.165, 1.54) is 25.7 Å². The van der Waals surface area contributed by atoms with Gasteiger partial charge in [0.25, 0.3) is 0 Å². The Bertz CT molecular complexity index is 216. The lowest BCUT2D eigenvalue weighted by molar-refractivity contribution is 0.183. The fourth-order valence-electron chi connectivity index (χ4n) is 1.61. The van der Waals surface area contributed by atoms with E-state index in [1.54, 1.807) is 0 Å². The van der Waals surface area contributed by atoms with Crippen molar-refractivity contribution in [1.82, 2.24) is 3.11 Å². The van der Waals surface area contributed by atoms with Crippen molar-refractivity contribution in [3.8, 4) is 0 Å². The number of halogens is 1. The molecule has 1 rings (SSSR count). The molecular weight excluding hydrogens is 320 g/mol. The summed E-state index contributed by atoms with van der Waals surface area (Å²) in [6.07, 6.45) is 4.87. The Morgan fingerprint density at radius 2 is 2.00 bits per heavy atom. The molecule has 1 fully saturated rings. The predicted octanol–water partition coefficient (Wildman–Crippen LogP) is 1.69. The van der Waals surface area contributed by atoms with Gasteiger partial charge in [-0.15, -0.1) is 0 Å². The molecule has 0 saturated heterocycles. The molecule has 0 aromatic rings. The number of hydrogen-bond acceptors (Lipinski definition) is 3. The maximum absolute atomic E-state index is 10.4. The molecule has 5 nitrogen and oxygen atoms in total. The smallest absolute Gasteiger partial charge is 0.303 e. The van der Waals surface area contributed by atoms with Gasteiger partial charge in [-0.05, 0) is 12.8 Å². The average Bonchev–Trinajstić information content (AvgIpc) is 2.53. The second kappa shape index (κ2) is 5.77. The average molecular weight is 335 g/mol.